The van der Waals surface area contributed by atoms with Crippen molar-refractivity contribution in [3.8, 4) is 0 Å². The van der Waals surface area contributed by atoms with Crippen molar-refractivity contribution in [1.29, 1.82) is 0 Å². The highest BCUT2D eigenvalue weighted by Crippen LogP contribution is 2.04. The van der Waals surface area contributed by atoms with Crippen LogP contribution in [0, 0.1) is 5.92 Å². The van der Waals surface area contributed by atoms with E-state index in [1.807, 2.05) is 30.9 Å². The van der Waals surface area contributed by atoms with Crippen LogP contribution in [0.15, 0.2) is 12.3 Å². The van der Waals surface area contributed by atoms with E-state index in [0.717, 1.165) is 19.8 Å². The minimum absolute atomic E-state index is 0.398. The Bertz CT molecular complexity index is 296. The van der Waals surface area contributed by atoms with E-state index in [9.17, 15) is 0 Å². The summed E-state index contributed by atoms with van der Waals surface area (Å²) in [5, 5.41) is 7.66. The van der Waals surface area contributed by atoms with Crippen molar-refractivity contribution >= 4 is 0 Å². The van der Waals surface area contributed by atoms with Gasteiger partial charge in [0.05, 0.1) is 12.3 Å². The molecule has 4 nitrogen and oxygen atoms in total. The van der Waals surface area contributed by atoms with Crippen molar-refractivity contribution in [3.05, 3.63) is 18.0 Å². The first kappa shape index (κ1) is 13.2. The average Bonchev–Trinajstić information content (AvgIpc) is 2.64. The predicted octanol–water partition coefficient (Wildman–Crippen LogP) is 1.57. The molecule has 1 unspecified atom stereocenters. The van der Waals surface area contributed by atoms with Crippen LogP contribution >= 0.6 is 0 Å². The smallest absolute Gasteiger partial charge is 0.0622 e. The number of hydrogen-bond acceptors (Lipinski definition) is 3. The van der Waals surface area contributed by atoms with Gasteiger partial charge >= 0.3 is 0 Å². The Kier molecular flexibility index (Phi) is 5.49. The highest BCUT2D eigenvalue weighted by atomic mass is 16.5. The molecule has 0 saturated carbocycles. The lowest BCUT2D eigenvalue weighted by atomic mass is 10.1. The van der Waals surface area contributed by atoms with Crippen molar-refractivity contribution in [3.63, 3.8) is 0 Å². The average molecular weight is 225 g/mol. The van der Waals surface area contributed by atoms with E-state index in [2.05, 4.69) is 24.3 Å². The normalized spacial score (nSPS) is 13.3. The summed E-state index contributed by atoms with van der Waals surface area (Å²) in [5.41, 5.74) is 1.20. The maximum absolute atomic E-state index is 5.47. The molecule has 0 saturated heterocycles. The molecule has 1 aromatic heterocycles. The van der Waals surface area contributed by atoms with Gasteiger partial charge in [-0.05, 0) is 18.9 Å². The Hall–Kier alpha value is -0.870. The second-order valence-electron chi connectivity index (χ2n) is 4.34. The molecule has 92 valence electrons. The second kappa shape index (κ2) is 6.66. The molecule has 0 amide bonds. The number of aryl methyl sites for hydroxylation is 1. The quantitative estimate of drug-likeness (QED) is 0.765. The molecule has 1 atom stereocenters. The Morgan fingerprint density at radius 1 is 1.50 bits per heavy atom. The first-order valence-electron chi connectivity index (χ1n) is 5.93. The number of aromatic nitrogens is 2. The van der Waals surface area contributed by atoms with E-state index in [1.165, 1.54) is 5.69 Å². The Morgan fingerprint density at radius 3 is 2.75 bits per heavy atom. The van der Waals surface area contributed by atoms with Crippen LogP contribution in [-0.4, -0.2) is 29.0 Å². The topological polar surface area (TPSA) is 39.1 Å². The lowest BCUT2D eigenvalue weighted by Crippen LogP contribution is -2.38. The standard InChI is InChI=1S/C12H23N3O/c1-5-16-9-12(10(2)3)13-8-11-6-7-14-15(11)4/h6-7,10,12-13H,5,8-9H2,1-4H3. The molecule has 1 rings (SSSR count). The number of rotatable bonds is 7. The molecule has 0 aromatic carbocycles. The minimum atomic E-state index is 0.398. The number of ether oxygens (including phenoxy) is 1. The van der Waals surface area contributed by atoms with Gasteiger partial charge in [-0.25, -0.2) is 0 Å². The van der Waals surface area contributed by atoms with Crippen LogP contribution in [0.1, 0.15) is 26.5 Å². The van der Waals surface area contributed by atoms with Crippen LogP contribution in [-0.2, 0) is 18.3 Å². The zero-order valence-electron chi connectivity index (χ0n) is 10.7. The monoisotopic (exact) mass is 225 g/mol. The fraction of sp³-hybridized carbons (Fsp3) is 0.750. The number of nitrogens with zero attached hydrogens (tertiary/aromatic N) is 2. The molecule has 0 bridgehead atoms. The minimum Gasteiger partial charge on any atom is -0.380 e. The van der Waals surface area contributed by atoms with Crippen molar-refractivity contribution < 1.29 is 4.74 Å². The first-order chi connectivity index (χ1) is 7.65. The summed E-state index contributed by atoms with van der Waals surface area (Å²) < 4.78 is 7.37. The van der Waals surface area contributed by atoms with Crippen LogP contribution in [0.25, 0.3) is 0 Å². The highest BCUT2D eigenvalue weighted by Gasteiger charge is 2.13. The molecule has 1 N–H and O–H groups in total. The molecule has 1 heterocycles. The third-order valence-electron chi connectivity index (χ3n) is 2.77. The molecular weight excluding hydrogens is 202 g/mol. The van der Waals surface area contributed by atoms with E-state index >= 15 is 0 Å². The van der Waals surface area contributed by atoms with Crippen LogP contribution in [0.2, 0.25) is 0 Å². The van der Waals surface area contributed by atoms with E-state index in [1.54, 1.807) is 0 Å². The third kappa shape index (κ3) is 3.94. The molecule has 0 radical (unpaired) electrons. The van der Waals surface area contributed by atoms with Crippen molar-refractivity contribution in [2.24, 2.45) is 13.0 Å². The van der Waals surface area contributed by atoms with Crippen molar-refractivity contribution in [1.82, 2.24) is 15.1 Å². The lowest BCUT2D eigenvalue weighted by molar-refractivity contribution is 0.107. The number of hydrogen-bond donors (Lipinski definition) is 1. The van der Waals surface area contributed by atoms with Gasteiger partial charge in [-0.15, -0.1) is 0 Å². The molecule has 0 aliphatic heterocycles. The fourth-order valence-corrected chi connectivity index (χ4v) is 1.54. The largest absolute Gasteiger partial charge is 0.380 e. The van der Waals surface area contributed by atoms with Gasteiger partial charge in [0.15, 0.2) is 0 Å². The summed E-state index contributed by atoms with van der Waals surface area (Å²) in [6, 6.07) is 2.43. The van der Waals surface area contributed by atoms with Crippen LogP contribution in [0.5, 0.6) is 0 Å². The Balaban J connectivity index is 2.40. The van der Waals surface area contributed by atoms with Gasteiger partial charge in [-0.3, -0.25) is 4.68 Å². The van der Waals surface area contributed by atoms with Gasteiger partial charge in [0.1, 0.15) is 0 Å². The van der Waals surface area contributed by atoms with Gasteiger partial charge in [-0.2, -0.15) is 5.10 Å². The van der Waals surface area contributed by atoms with E-state index in [0.29, 0.717) is 12.0 Å². The third-order valence-corrected chi connectivity index (χ3v) is 2.77. The van der Waals surface area contributed by atoms with Crippen LogP contribution < -0.4 is 5.32 Å². The van der Waals surface area contributed by atoms with E-state index < -0.39 is 0 Å². The van der Waals surface area contributed by atoms with Gasteiger partial charge in [0, 0.05) is 32.4 Å². The molecule has 0 aliphatic carbocycles. The molecule has 1 aromatic rings. The molecule has 0 aliphatic rings. The summed E-state index contributed by atoms with van der Waals surface area (Å²) in [5.74, 6) is 0.569. The molecule has 4 heteroatoms. The zero-order valence-corrected chi connectivity index (χ0v) is 10.7. The fourth-order valence-electron chi connectivity index (χ4n) is 1.54. The predicted molar refractivity (Wildman–Crippen MR) is 65.2 cm³/mol. The first-order valence-corrected chi connectivity index (χ1v) is 5.93. The molecule has 0 spiro atoms. The number of nitrogens with one attached hydrogen (secondary N) is 1. The SMILES string of the molecule is CCOCC(NCc1ccnn1C)C(C)C. The Labute approximate surface area is 98.0 Å². The van der Waals surface area contributed by atoms with Gasteiger partial charge in [0.25, 0.3) is 0 Å². The summed E-state index contributed by atoms with van der Waals surface area (Å²) >= 11 is 0. The van der Waals surface area contributed by atoms with Crippen LogP contribution in [0.4, 0.5) is 0 Å². The summed E-state index contributed by atoms with van der Waals surface area (Å²) in [4.78, 5) is 0. The van der Waals surface area contributed by atoms with Crippen LogP contribution in [0.3, 0.4) is 0 Å². The summed E-state index contributed by atoms with van der Waals surface area (Å²) in [6.07, 6.45) is 1.82. The van der Waals surface area contributed by atoms with E-state index in [-0.39, 0.29) is 0 Å². The van der Waals surface area contributed by atoms with E-state index in [4.69, 9.17) is 4.74 Å². The molecular formula is C12H23N3O. The molecule has 16 heavy (non-hydrogen) atoms. The summed E-state index contributed by atoms with van der Waals surface area (Å²) in [6.45, 7) is 8.83. The maximum Gasteiger partial charge on any atom is 0.0622 e. The highest BCUT2D eigenvalue weighted by molar-refractivity contribution is 4.99. The van der Waals surface area contributed by atoms with Gasteiger partial charge < -0.3 is 10.1 Å². The van der Waals surface area contributed by atoms with Crippen molar-refractivity contribution in [2.75, 3.05) is 13.2 Å². The summed E-state index contributed by atoms with van der Waals surface area (Å²) in [7, 11) is 1.96. The van der Waals surface area contributed by atoms with Gasteiger partial charge in [0.2, 0.25) is 0 Å². The maximum atomic E-state index is 5.47. The van der Waals surface area contributed by atoms with Crippen molar-refractivity contribution in [2.45, 2.75) is 33.4 Å². The van der Waals surface area contributed by atoms with Gasteiger partial charge in [-0.1, -0.05) is 13.8 Å². The molecule has 0 fully saturated rings. The zero-order chi connectivity index (χ0) is 12.0. The second-order valence-corrected chi connectivity index (χ2v) is 4.34. The lowest BCUT2D eigenvalue weighted by Gasteiger charge is -2.22. The Morgan fingerprint density at radius 2 is 2.25 bits per heavy atom.